The van der Waals surface area contributed by atoms with E-state index in [2.05, 4.69) is 5.32 Å². The third-order valence-corrected chi connectivity index (χ3v) is 3.28. The van der Waals surface area contributed by atoms with Gasteiger partial charge < -0.3 is 10.1 Å². The second kappa shape index (κ2) is 7.54. The lowest BCUT2D eigenvalue weighted by molar-refractivity contribution is -0.152. The molecule has 1 amide bonds. The Morgan fingerprint density at radius 1 is 1.13 bits per heavy atom. The van der Waals surface area contributed by atoms with Gasteiger partial charge in [0.15, 0.2) is 6.10 Å². The minimum atomic E-state index is -1.01. The Balaban J connectivity index is 1.89. The van der Waals surface area contributed by atoms with E-state index < -0.39 is 23.8 Å². The number of halogens is 1. The molecule has 23 heavy (non-hydrogen) atoms. The molecule has 2 aromatic carbocycles. The summed E-state index contributed by atoms with van der Waals surface area (Å²) in [5.41, 5.74) is 1.96. The molecule has 0 aromatic heterocycles. The average molecular weight is 315 g/mol. The zero-order chi connectivity index (χ0) is 16.8. The Morgan fingerprint density at radius 3 is 2.43 bits per heavy atom. The number of amides is 1. The van der Waals surface area contributed by atoms with Crippen LogP contribution in [0.3, 0.4) is 0 Å². The van der Waals surface area contributed by atoms with Gasteiger partial charge in [0.05, 0.1) is 12.1 Å². The summed E-state index contributed by atoms with van der Waals surface area (Å²) < 4.78 is 18.6. The highest BCUT2D eigenvalue weighted by Gasteiger charge is 2.19. The summed E-state index contributed by atoms with van der Waals surface area (Å²) in [7, 11) is 0. The highest BCUT2D eigenvalue weighted by atomic mass is 19.1. The van der Waals surface area contributed by atoms with Crippen molar-refractivity contribution in [2.45, 2.75) is 26.4 Å². The van der Waals surface area contributed by atoms with E-state index in [1.54, 1.807) is 6.07 Å². The summed E-state index contributed by atoms with van der Waals surface area (Å²) in [6.07, 6.45) is -0.926. The van der Waals surface area contributed by atoms with Gasteiger partial charge in [-0.15, -0.1) is 0 Å². The first-order chi connectivity index (χ1) is 11.0. The molecule has 4 nitrogen and oxygen atoms in total. The second-order valence-corrected chi connectivity index (χ2v) is 5.26. The molecular formula is C18H18FNO3. The van der Waals surface area contributed by atoms with Crippen LogP contribution in [0.5, 0.6) is 0 Å². The molecule has 0 aliphatic carbocycles. The van der Waals surface area contributed by atoms with Gasteiger partial charge in [-0.3, -0.25) is 9.59 Å². The van der Waals surface area contributed by atoms with Gasteiger partial charge in [0.2, 0.25) is 0 Å². The van der Waals surface area contributed by atoms with Gasteiger partial charge in [0.1, 0.15) is 5.82 Å². The maximum Gasteiger partial charge on any atom is 0.311 e. The first kappa shape index (κ1) is 16.7. The molecule has 1 atom stereocenters. The molecule has 0 bridgehead atoms. The largest absolute Gasteiger partial charge is 0.452 e. The van der Waals surface area contributed by atoms with Crippen LogP contribution in [0.25, 0.3) is 0 Å². The first-order valence-corrected chi connectivity index (χ1v) is 7.26. The van der Waals surface area contributed by atoms with Crippen molar-refractivity contribution in [2.24, 2.45) is 0 Å². The Bertz CT molecular complexity index is 698. The number of aryl methyl sites for hydroxylation is 1. The summed E-state index contributed by atoms with van der Waals surface area (Å²) >= 11 is 0. The summed E-state index contributed by atoms with van der Waals surface area (Å²) in [5.74, 6) is -1.63. The van der Waals surface area contributed by atoms with E-state index >= 15 is 0 Å². The van der Waals surface area contributed by atoms with E-state index in [4.69, 9.17) is 4.74 Å². The van der Waals surface area contributed by atoms with E-state index in [-0.39, 0.29) is 12.1 Å². The van der Waals surface area contributed by atoms with Crippen molar-refractivity contribution in [3.8, 4) is 0 Å². The van der Waals surface area contributed by atoms with Gasteiger partial charge in [-0.25, -0.2) is 4.39 Å². The highest BCUT2D eigenvalue weighted by Crippen LogP contribution is 2.13. The Kier molecular flexibility index (Phi) is 5.46. The van der Waals surface area contributed by atoms with Crippen molar-refractivity contribution in [3.63, 3.8) is 0 Å². The molecule has 0 unspecified atom stereocenters. The summed E-state index contributed by atoms with van der Waals surface area (Å²) in [6, 6.07) is 13.3. The normalized spacial score (nSPS) is 11.6. The minimum Gasteiger partial charge on any atom is -0.452 e. The number of hydrogen-bond acceptors (Lipinski definition) is 3. The maximum atomic E-state index is 13.5. The third-order valence-electron chi connectivity index (χ3n) is 3.28. The predicted molar refractivity (Wildman–Crippen MR) is 85.5 cm³/mol. The van der Waals surface area contributed by atoms with Crippen molar-refractivity contribution in [2.75, 3.05) is 5.32 Å². The van der Waals surface area contributed by atoms with E-state index in [1.165, 1.54) is 25.1 Å². The molecule has 0 radical (unpaired) electrons. The average Bonchev–Trinajstić information content (AvgIpc) is 2.51. The van der Waals surface area contributed by atoms with Crippen LogP contribution in [0.4, 0.5) is 10.1 Å². The molecule has 0 aliphatic rings. The van der Waals surface area contributed by atoms with Crippen LogP contribution >= 0.6 is 0 Å². The lowest BCUT2D eigenvalue weighted by atomic mass is 10.1. The van der Waals surface area contributed by atoms with Crippen LogP contribution in [0.1, 0.15) is 18.1 Å². The van der Waals surface area contributed by atoms with Crippen LogP contribution in [-0.2, 0) is 20.7 Å². The Morgan fingerprint density at radius 2 is 1.78 bits per heavy atom. The fraction of sp³-hybridized carbons (Fsp3) is 0.222. The smallest absolute Gasteiger partial charge is 0.311 e. The molecule has 2 rings (SSSR count). The molecule has 0 heterocycles. The number of rotatable bonds is 5. The van der Waals surface area contributed by atoms with E-state index in [0.717, 1.165) is 11.1 Å². The lowest BCUT2D eigenvalue weighted by Gasteiger charge is -2.14. The van der Waals surface area contributed by atoms with Crippen molar-refractivity contribution in [1.82, 2.24) is 0 Å². The molecule has 120 valence electrons. The van der Waals surface area contributed by atoms with Crippen LogP contribution < -0.4 is 5.32 Å². The quantitative estimate of drug-likeness (QED) is 0.862. The third kappa shape index (κ3) is 4.92. The van der Waals surface area contributed by atoms with Gasteiger partial charge >= 0.3 is 5.97 Å². The highest BCUT2D eigenvalue weighted by molar-refractivity contribution is 5.95. The monoisotopic (exact) mass is 315 g/mol. The van der Waals surface area contributed by atoms with Crippen LogP contribution in [0, 0.1) is 12.7 Å². The number of anilines is 1. The molecule has 5 heteroatoms. The number of carbonyl (C=O) groups excluding carboxylic acids is 2. The van der Waals surface area contributed by atoms with E-state index in [0.29, 0.717) is 0 Å². The predicted octanol–water partition coefficient (Wildman–Crippen LogP) is 3.25. The van der Waals surface area contributed by atoms with Crippen LogP contribution in [-0.4, -0.2) is 18.0 Å². The van der Waals surface area contributed by atoms with Crippen molar-refractivity contribution < 1.29 is 18.7 Å². The van der Waals surface area contributed by atoms with Crippen molar-refractivity contribution in [3.05, 3.63) is 65.5 Å². The summed E-state index contributed by atoms with van der Waals surface area (Å²) in [4.78, 5) is 23.8. The van der Waals surface area contributed by atoms with Gasteiger partial charge in [0, 0.05) is 0 Å². The second-order valence-electron chi connectivity index (χ2n) is 5.26. The Hall–Kier alpha value is -2.69. The fourth-order valence-electron chi connectivity index (χ4n) is 1.96. The Labute approximate surface area is 134 Å². The number of nitrogens with one attached hydrogen (secondary N) is 1. The van der Waals surface area contributed by atoms with Crippen molar-refractivity contribution >= 4 is 17.6 Å². The van der Waals surface area contributed by atoms with Gasteiger partial charge in [-0.05, 0) is 31.5 Å². The minimum absolute atomic E-state index is 0.0546. The molecule has 0 saturated heterocycles. The van der Waals surface area contributed by atoms with E-state index in [9.17, 15) is 14.0 Å². The summed E-state index contributed by atoms with van der Waals surface area (Å²) in [5, 5.41) is 2.40. The van der Waals surface area contributed by atoms with E-state index in [1.807, 2.05) is 31.2 Å². The van der Waals surface area contributed by atoms with Crippen LogP contribution in [0.2, 0.25) is 0 Å². The topological polar surface area (TPSA) is 55.4 Å². The number of esters is 1. The molecule has 0 aliphatic heterocycles. The lowest BCUT2D eigenvalue weighted by Crippen LogP contribution is -2.30. The standard InChI is InChI=1S/C18H18FNO3/c1-12-7-9-14(10-8-12)11-17(21)23-13(2)18(22)20-16-6-4-3-5-15(16)19/h3-10,13H,11H2,1-2H3,(H,20,22)/t13-/m1/s1. The molecular weight excluding hydrogens is 297 g/mol. The van der Waals surface area contributed by atoms with Crippen LogP contribution in [0.15, 0.2) is 48.5 Å². The van der Waals surface area contributed by atoms with Gasteiger partial charge in [-0.1, -0.05) is 42.0 Å². The fourth-order valence-corrected chi connectivity index (χ4v) is 1.96. The number of carbonyl (C=O) groups is 2. The number of benzene rings is 2. The molecule has 0 spiro atoms. The SMILES string of the molecule is Cc1ccc(CC(=O)O[C@H](C)C(=O)Nc2ccccc2F)cc1. The zero-order valence-electron chi connectivity index (χ0n) is 13.0. The van der Waals surface area contributed by atoms with Crippen molar-refractivity contribution in [1.29, 1.82) is 0 Å². The maximum absolute atomic E-state index is 13.5. The number of hydrogen-bond donors (Lipinski definition) is 1. The molecule has 1 N–H and O–H groups in total. The first-order valence-electron chi connectivity index (χ1n) is 7.26. The van der Waals surface area contributed by atoms with Gasteiger partial charge in [0.25, 0.3) is 5.91 Å². The molecule has 0 fully saturated rings. The zero-order valence-corrected chi connectivity index (χ0v) is 13.0. The molecule has 0 saturated carbocycles. The van der Waals surface area contributed by atoms with Gasteiger partial charge in [-0.2, -0.15) is 0 Å². The molecule has 2 aromatic rings. The number of para-hydroxylation sites is 1. The summed E-state index contributed by atoms with van der Waals surface area (Å²) in [6.45, 7) is 3.40. The number of ether oxygens (including phenoxy) is 1.